The zero-order valence-electron chi connectivity index (χ0n) is 10.7. The quantitative estimate of drug-likeness (QED) is 0.632. The highest BCUT2D eigenvalue weighted by Crippen LogP contribution is 2.09. The van der Waals surface area contributed by atoms with Crippen LogP contribution in [0.1, 0.15) is 27.2 Å². The van der Waals surface area contributed by atoms with Crippen LogP contribution < -0.4 is 5.32 Å². The highest BCUT2D eigenvalue weighted by atomic mass is 14.9. The third-order valence-electron chi connectivity index (χ3n) is 2.37. The first-order valence-electron chi connectivity index (χ1n) is 5.70. The van der Waals surface area contributed by atoms with Crippen LogP contribution in [0.3, 0.4) is 0 Å². The van der Waals surface area contributed by atoms with E-state index in [1.54, 1.807) is 12.2 Å². The molecule has 0 unspecified atom stereocenters. The number of hydrogen-bond donors (Lipinski definition) is 1. The Morgan fingerprint density at radius 3 is 2.44 bits per heavy atom. The van der Waals surface area contributed by atoms with E-state index in [9.17, 15) is 0 Å². The van der Waals surface area contributed by atoms with E-state index in [-0.39, 0.29) is 0 Å². The first-order valence-corrected chi connectivity index (χ1v) is 5.70. The molecule has 0 bridgehead atoms. The van der Waals surface area contributed by atoms with Crippen LogP contribution in [0, 0.1) is 0 Å². The van der Waals surface area contributed by atoms with Gasteiger partial charge >= 0.3 is 0 Å². The number of rotatable bonds is 7. The number of hydrogen-bond acceptors (Lipinski definition) is 1. The summed E-state index contributed by atoms with van der Waals surface area (Å²) in [6, 6.07) is 0. The van der Waals surface area contributed by atoms with E-state index < -0.39 is 0 Å². The van der Waals surface area contributed by atoms with Crippen LogP contribution in [0.25, 0.3) is 0 Å². The van der Waals surface area contributed by atoms with Gasteiger partial charge in [-0.25, -0.2) is 0 Å². The third kappa shape index (κ3) is 5.40. The van der Waals surface area contributed by atoms with E-state index in [0.29, 0.717) is 0 Å². The maximum absolute atomic E-state index is 3.75. The van der Waals surface area contributed by atoms with Crippen molar-refractivity contribution in [1.29, 1.82) is 0 Å². The minimum Gasteiger partial charge on any atom is -0.381 e. The average molecular weight is 217 g/mol. The van der Waals surface area contributed by atoms with Crippen molar-refractivity contribution in [3.8, 4) is 0 Å². The monoisotopic (exact) mass is 217 g/mol. The molecule has 0 spiro atoms. The van der Waals surface area contributed by atoms with Gasteiger partial charge in [0, 0.05) is 12.2 Å². The van der Waals surface area contributed by atoms with Gasteiger partial charge in [0.1, 0.15) is 0 Å². The summed E-state index contributed by atoms with van der Waals surface area (Å²) in [5.41, 5.74) is 3.65. The van der Waals surface area contributed by atoms with Crippen molar-refractivity contribution in [2.24, 2.45) is 0 Å². The molecule has 0 rings (SSSR count). The van der Waals surface area contributed by atoms with E-state index in [4.69, 9.17) is 0 Å². The number of allylic oxidation sites excluding steroid dienone is 5. The number of nitrogens with one attached hydrogen (secondary N) is 1. The molecule has 88 valence electrons. The standard InChI is InChI=1S/C15H23N/c1-6-10-13(5)14(8-3)12-16-15(9-4)11-7-2/h7-11,16H,2,4,6,12H2,1,3,5H3/b13-10-,14-8-,15-11+. The molecule has 16 heavy (non-hydrogen) atoms. The minimum absolute atomic E-state index is 0.824. The molecule has 1 nitrogen and oxygen atoms in total. The summed E-state index contributed by atoms with van der Waals surface area (Å²) in [7, 11) is 0. The largest absolute Gasteiger partial charge is 0.381 e. The predicted molar refractivity (Wildman–Crippen MR) is 74.3 cm³/mol. The van der Waals surface area contributed by atoms with E-state index >= 15 is 0 Å². The van der Waals surface area contributed by atoms with Gasteiger partial charge in [0.2, 0.25) is 0 Å². The Balaban J connectivity index is 4.48. The maximum Gasteiger partial charge on any atom is 0.0400 e. The molecular formula is C15H23N. The summed E-state index contributed by atoms with van der Waals surface area (Å²) in [5, 5.41) is 3.32. The van der Waals surface area contributed by atoms with Crippen LogP contribution in [-0.2, 0) is 0 Å². The van der Waals surface area contributed by atoms with Crippen LogP contribution >= 0.6 is 0 Å². The van der Waals surface area contributed by atoms with E-state index in [2.05, 4.69) is 51.4 Å². The second-order valence-electron chi connectivity index (χ2n) is 3.52. The van der Waals surface area contributed by atoms with Crippen molar-refractivity contribution < 1.29 is 0 Å². The lowest BCUT2D eigenvalue weighted by molar-refractivity contribution is 0.896. The van der Waals surface area contributed by atoms with Gasteiger partial charge in [-0.05, 0) is 38.0 Å². The topological polar surface area (TPSA) is 12.0 Å². The Labute approximate surface area is 100.0 Å². The summed E-state index contributed by atoms with van der Waals surface area (Å²) in [6.45, 7) is 14.6. The minimum atomic E-state index is 0.824. The molecule has 0 saturated carbocycles. The smallest absolute Gasteiger partial charge is 0.0400 e. The molecule has 1 heteroatoms. The first-order chi connectivity index (χ1) is 7.69. The van der Waals surface area contributed by atoms with Crippen molar-refractivity contribution >= 4 is 0 Å². The molecule has 0 saturated heterocycles. The summed E-state index contributed by atoms with van der Waals surface area (Å²) < 4.78 is 0. The van der Waals surface area contributed by atoms with Gasteiger partial charge in [0.25, 0.3) is 0 Å². The highest BCUT2D eigenvalue weighted by Gasteiger charge is 1.98. The molecule has 0 aliphatic heterocycles. The van der Waals surface area contributed by atoms with Crippen LogP contribution in [0.15, 0.2) is 60.4 Å². The van der Waals surface area contributed by atoms with Crippen LogP contribution in [0.5, 0.6) is 0 Å². The van der Waals surface area contributed by atoms with Crippen molar-refractivity contribution in [2.45, 2.75) is 27.2 Å². The van der Waals surface area contributed by atoms with Crippen LogP contribution in [0.4, 0.5) is 0 Å². The molecule has 0 aromatic heterocycles. The lowest BCUT2D eigenvalue weighted by Crippen LogP contribution is -2.15. The fourth-order valence-electron chi connectivity index (χ4n) is 1.43. The fourth-order valence-corrected chi connectivity index (χ4v) is 1.43. The highest BCUT2D eigenvalue weighted by molar-refractivity contribution is 5.31. The van der Waals surface area contributed by atoms with E-state index in [1.807, 2.05) is 6.08 Å². The fraction of sp³-hybridized carbons (Fsp3) is 0.333. The van der Waals surface area contributed by atoms with Gasteiger partial charge in [-0.1, -0.05) is 43.9 Å². The molecular weight excluding hydrogens is 194 g/mol. The average Bonchev–Trinajstić information content (AvgIpc) is 2.28. The van der Waals surface area contributed by atoms with Crippen LogP contribution in [0.2, 0.25) is 0 Å². The molecule has 1 N–H and O–H groups in total. The summed E-state index contributed by atoms with van der Waals surface area (Å²) in [6.07, 6.45) is 10.9. The van der Waals surface area contributed by atoms with Gasteiger partial charge in [-0.3, -0.25) is 0 Å². The zero-order chi connectivity index (χ0) is 12.4. The normalized spacial score (nSPS) is 13.6. The Bertz CT molecular complexity index is 316. The van der Waals surface area contributed by atoms with Gasteiger partial charge < -0.3 is 5.32 Å². The molecule has 0 amide bonds. The molecule has 0 aromatic rings. The molecule has 0 aliphatic rings. The van der Waals surface area contributed by atoms with Gasteiger partial charge in [-0.15, -0.1) is 0 Å². The Hall–Kier alpha value is -1.50. The van der Waals surface area contributed by atoms with Crippen molar-refractivity contribution in [3.63, 3.8) is 0 Å². The van der Waals surface area contributed by atoms with Gasteiger partial charge in [0.15, 0.2) is 0 Å². The van der Waals surface area contributed by atoms with Gasteiger partial charge in [0.05, 0.1) is 0 Å². The van der Waals surface area contributed by atoms with Crippen molar-refractivity contribution in [3.05, 3.63) is 60.4 Å². The second-order valence-corrected chi connectivity index (χ2v) is 3.52. The van der Waals surface area contributed by atoms with Gasteiger partial charge in [-0.2, -0.15) is 0 Å². The third-order valence-corrected chi connectivity index (χ3v) is 2.37. The SMILES string of the molecule is C=C/C=C(\C=C)NCC(=C/C)/C(C)=C\CC. The maximum atomic E-state index is 3.75. The summed E-state index contributed by atoms with van der Waals surface area (Å²) in [5.74, 6) is 0. The van der Waals surface area contributed by atoms with Crippen LogP contribution in [-0.4, -0.2) is 6.54 Å². The predicted octanol–water partition coefficient (Wildman–Crippen LogP) is 4.13. The Morgan fingerprint density at radius 2 is 2.00 bits per heavy atom. The molecule has 0 fully saturated rings. The Kier molecular flexibility index (Phi) is 7.96. The summed E-state index contributed by atoms with van der Waals surface area (Å²) >= 11 is 0. The second kappa shape index (κ2) is 8.78. The van der Waals surface area contributed by atoms with Crippen molar-refractivity contribution in [1.82, 2.24) is 5.32 Å². The molecule has 0 radical (unpaired) electrons. The lowest BCUT2D eigenvalue weighted by Gasteiger charge is -2.11. The van der Waals surface area contributed by atoms with Crippen molar-refractivity contribution in [2.75, 3.05) is 6.54 Å². The summed E-state index contributed by atoms with van der Waals surface area (Å²) in [4.78, 5) is 0. The Morgan fingerprint density at radius 1 is 1.31 bits per heavy atom. The van der Waals surface area contributed by atoms with E-state index in [1.165, 1.54) is 11.1 Å². The first kappa shape index (κ1) is 14.5. The molecule has 0 aromatic carbocycles. The lowest BCUT2D eigenvalue weighted by atomic mass is 10.1. The molecule has 0 atom stereocenters. The van der Waals surface area contributed by atoms with E-state index in [0.717, 1.165) is 18.7 Å². The molecule has 0 aliphatic carbocycles. The zero-order valence-corrected chi connectivity index (χ0v) is 10.7. The molecule has 0 heterocycles.